The Morgan fingerprint density at radius 3 is 1.00 bits per heavy atom. The van der Waals surface area contributed by atoms with E-state index in [1.165, 1.54) is 178 Å². The Hall–Kier alpha value is -0.126. The molecule has 0 fully saturated rings. The van der Waals surface area contributed by atoms with E-state index in [-0.39, 0.29) is 0 Å². The minimum Gasteiger partial charge on any atom is -0.454 e. The molecular formula is C44H86OSi2. The maximum absolute atomic E-state index is 8.17. The van der Waals surface area contributed by atoms with Crippen molar-refractivity contribution in [2.24, 2.45) is 11.8 Å². The van der Waals surface area contributed by atoms with Crippen molar-refractivity contribution < 1.29 is 4.12 Å². The van der Waals surface area contributed by atoms with Gasteiger partial charge in [0.2, 0.25) is 0 Å². The molecule has 0 aliphatic heterocycles. The van der Waals surface area contributed by atoms with Gasteiger partial charge in [0.05, 0.1) is 0 Å². The third-order valence-corrected chi connectivity index (χ3v) is 25.2. The summed E-state index contributed by atoms with van der Waals surface area (Å²) in [5.41, 5.74) is 4.86. The van der Waals surface area contributed by atoms with Gasteiger partial charge in [-0.05, 0) is 85.6 Å². The van der Waals surface area contributed by atoms with Gasteiger partial charge < -0.3 is 4.12 Å². The summed E-state index contributed by atoms with van der Waals surface area (Å²) in [7, 11) is -4.02. The van der Waals surface area contributed by atoms with E-state index in [1.54, 1.807) is 11.1 Å². The van der Waals surface area contributed by atoms with Gasteiger partial charge >= 0.3 is 0 Å². The van der Waals surface area contributed by atoms with Crippen molar-refractivity contribution in [3.05, 3.63) is 23.3 Å². The summed E-state index contributed by atoms with van der Waals surface area (Å²) < 4.78 is 8.17. The summed E-state index contributed by atoms with van der Waals surface area (Å²) in [4.78, 5) is 0. The van der Waals surface area contributed by atoms with E-state index < -0.39 is 16.6 Å². The molecule has 47 heavy (non-hydrogen) atoms. The normalized spacial score (nSPS) is 27.4. The summed E-state index contributed by atoms with van der Waals surface area (Å²) in [5.74, 6) is 1.41. The zero-order valence-electron chi connectivity index (χ0n) is 33.7. The van der Waals surface area contributed by atoms with Gasteiger partial charge in [0.1, 0.15) is 0 Å². The molecule has 0 aromatic carbocycles. The summed E-state index contributed by atoms with van der Waals surface area (Å²) in [6.45, 7) is 20.4. The highest BCUT2D eigenvalue weighted by Crippen LogP contribution is 2.47. The topological polar surface area (TPSA) is 9.23 Å². The van der Waals surface area contributed by atoms with Crippen LogP contribution in [0.2, 0.25) is 35.3 Å². The van der Waals surface area contributed by atoms with Crippen molar-refractivity contribution in [2.75, 3.05) is 0 Å². The minimum absolute atomic E-state index is 0.633. The largest absolute Gasteiger partial charge is 0.454 e. The molecule has 2 rings (SSSR count). The molecule has 0 radical (unpaired) electrons. The van der Waals surface area contributed by atoms with Crippen LogP contribution < -0.4 is 0 Å². The second kappa shape index (κ2) is 24.9. The van der Waals surface area contributed by atoms with E-state index >= 15 is 0 Å². The van der Waals surface area contributed by atoms with Gasteiger partial charge in [-0.3, -0.25) is 0 Å². The van der Waals surface area contributed by atoms with Crippen LogP contribution in [0.1, 0.15) is 209 Å². The van der Waals surface area contributed by atoms with Crippen LogP contribution in [0.5, 0.6) is 0 Å². The quantitative estimate of drug-likeness (QED) is 0.164. The van der Waals surface area contributed by atoms with Crippen molar-refractivity contribution >= 4 is 16.6 Å². The van der Waals surface area contributed by atoms with Crippen molar-refractivity contribution in [3.63, 3.8) is 0 Å². The van der Waals surface area contributed by atoms with Gasteiger partial charge in [0, 0.05) is 0 Å². The predicted octanol–water partition coefficient (Wildman–Crippen LogP) is 16.3. The van der Waals surface area contributed by atoms with Crippen LogP contribution in [-0.4, -0.2) is 16.6 Å². The lowest BCUT2D eigenvalue weighted by Crippen LogP contribution is -2.55. The predicted molar refractivity (Wildman–Crippen MR) is 219 cm³/mol. The van der Waals surface area contributed by atoms with Gasteiger partial charge in [-0.15, -0.1) is 0 Å². The molecule has 4 unspecified atom stereocenters. The Labute approximate surface area is 299 Å². The molecule has 2 aliphatic carbocycles. The Bertz CT molecular complexity index is 770. The third-order valence-electron chi connectivity index (χ3n) is 13.2. The fraction of sp³-hybridized carbons (Fsp3) is 0.909. The van der Waals surface area contributed by atoms with Crippen molar-refractivity contribution in [2.45, 2.75) is 245 Å². The molecule has 4 atom stereocenters. The Morgan fingerprint density at radius 1 is 0.468 bits per heavy atom. The van der Waals surface area contributed by atoms with Gasteiger partial charge in [0.15, 0.2) is 16.6 Å². The smallest absolute Gasteiger partial charge is 0.186 e. The first kappa shape index (κ1) is 43.0. The lowest BCUT2D eigenvalue weighted by atomic mass is 9.96. The zero-order valence-corrected chi connectivity index (χ0v) is 35.7. The molecule has 0 bridgehead atoms. The molecule has 0 aromatic heterocycles. The SMILES string of the molecule is CC[Si](CC)(O[Si](CC)(CC)C(C)/C1=C\C(C)CCCCCCCCCCCC1)C(C)/C1=C\C(C)CCCCCCCCCCCC1. The van der Waals surface area contributed by atoms with Crippen LogP contribution in [0.15, 0.2) is 23.3 Å². The molecule has 0 saturated carbocycles. The summed E-state index contributed by atoms with van der Waals surface area (Å²) in [5, 5.41) is 0. The molecule has 0 aromatic rings. The maximum Gasteiger partial charge on any atom is 0.186 e. The highest BCUT2D eigenvalue weighted by molar-refractivity contribution is 6.89. The Kier molecular flexibility index (Phi) is 22.8. The third kappa shape index (κ3) is 15.3. The lowest BCUT2D eigenvalue weighted by molar-refractivity contribution is 0.477. The molecule has 2 aliphatic rings. The number of hydrogen-bond acceptors (Lipinski definition) is 1. The van der Waals surface area contributed by atoms with Gasteiger partial charge in [-0.1, -0.05) is 194 Å². The van der Waals surface area contributed by atoms with Crippen molar-refractivity contribution in [1.29, 1.82) is 0 Å². The fourth-order valence-electron chi connectivity index (χ4n) is 9.48. The van der Waals surface area contributed by atoms with E-state index in [9.17, 15) is 0 Å². The standard InChI is InChI=1S/C44H86OSi2/c1-9-46(10-2,41(7)43-35-31-27-23-19-15-13-17-21-25-29-33-39(5)37-43)45-47(11-3,12-4)42(8)44-36-32-28-24-20-16-14-18-22-26-30-34-40(6)38-44/h37-42H,9-36H2,1-8H3/b43-37-,44-38-. The number of allylic oxidation sites excluding steroid dienone is 4. The zero-order chi connectivity index (χ0) is 34.4. The average molecular weight is 687 g/mol. The second-order valence-electron chi connectivity index (χ2n) is 16.7. The van der Waals surface area contributed by atoms with E-state index in [4.69, 9.17) is 4.12 Å². The first-order valence-corrected chi connectivity index (χ1v) is 26.7. The van der Waals surface area contributed by atoms with E-state index in [0.717, 1.165) is 0 Å². The van der Waals surface area contributed by atoms with Gasteiger partial charge in [-0.2, -0.15) is 0 Å². The van der Waals surface area contributed by atoms with Crippen LogP contribution in [0.25, 0.3) is 0 Å². The monoisotopic (exact) mass is 687 g/mol. The maximum atomic E-state index is 8.17. The highest BCUT2D eigenvalue weighted by Gasteiger charge is 2.49. The molecule has 0 N–H and O–H groups in total. The van der Waals surface area contributed by atoms with Crippen LogP contribution in [0.4, 0.5) is 0 Å². The molecule has 0 heterocycles. The van der Waals surface area contributed by atoms with Crippen LogP contribution in [0, 0.1) is 11.8 Å². The van der Waals surface area contributed by atoms with E-state index in [0.29, 0.717) is 22.9 Å². The first-order chi connectivity index (χ1) is 22.8. The van der Waals surface area contributed by atoms with Crippen molar-refractivity contribution in [1.82, 2.24) is 0 Å². The highest BCUT2D eigenvalue weighted by atomic mass is 28.4. The molecule has 0 spiro atoms. The molecule has 1 nitrogen and oxygen atoms in total. The van der Waals surface area contributed by atoms with Crippen molar-refractivity contribution in [3.8, 4) is 0 Å². The Balaban J connectivity index is 2.38. The summed E-state index contributed by atoms with van der Waals surface area (Å²) in [6.07, 6.45) is 39.6. The lowest BCUT2D eigenvalue weighted by Gasteiger charge is -2.48. The molecule has 276 valence electrons. The van der Waals surface area contributed by atoms with Crippen LogP contribution in [-0.2, 0) is 4.12 Å². The van der Waals surface area contributed by atoms with Crippen LogP contribution >= 0.6 is 0 Å². The van der Waals surface area contributed by atoms with Gasteiger partial charge in [-0.25, -0.2) is 0 Å². The fourth-order valence-corrected chi connectivity index (χ4v) is 21.7. The molecule has 0 amide bonds. The molecular weight excluding hydrogens is 601 g/mol. The number of rotatable bonds is 10. The second-order valence-corrected chi connectivity index (χ2v) is 26.3. The first-order valence-electron chi connectivity index (χ1n) is 21.9. The van der Waals surface area contributed by atoms with E-state index in [2.05, 4.69) is 67.5 Å². The summed E-state index contributed by atoms with van der Waals surface area (Å²) >= 11 is 0. The Morgan fingerprint density at radius 2 is 0.723 bits per heavy atom. The molecule has 0 saturated heterocycles. The molecule has 3 heteroatoms. The van der Waals surface area contributed by atoms with Crippen LogP contribution in [0.3, 0.4) is 0 Å². The minimum atomic E-state index is -2.01. The average Bonchev–Trinajstić information content (AvgIpc) is 3.09. The number of hydrogen-bond donors (Lipinski definition) is 0. The van der Waals surface area contributed by atoms with Gasteiger partial charge in [0.25, 0.3) is 0 Å². The van der Waals surface area contributed by atoms with E-state index in [1.807, 2.05) is 0 Å². The summed E-state index contributed by atoms with van der Waals surface area (Å²) in [6, 6.07) is 5.08.